The molecule has 1 aromatic rings. The fourth-order valence-corrected chi connectivity index (χ4v) is 1.79. The summed E-state index contributed by atoms with van der Waals surface area (Å²) in [5.41, 5.74) is 0. The van der Waals surface area contributed by atoms with E-state index in [1.54, 1.807) is 24.0 Å². The van der Waals surface area contributed by atoms with Crippen LogP contribution >= 0.6 is 0 Å². The molecule has 1 aromatic heterocycles. The van der Waals surface area contributed by atoms with Gasteiger partial charge < -0.3 is 19.4 Å². The molecule has 1 N–H and O–H groups in total. The fourth-order valence-electron chi connectivity index (χ4n) is 1.79. The number of hydrogen-bond acceptors (Lipinski definition) is 4. The first-order valence-electron chi connectivity index (χ1n) is 5.89. The molecule has 1 aliphatic heterocycles. The van der Waals surface area contributed by atoms with Crippen LogP contribution in [0, 0.1) is 0 Å². The SMILES string of the molecule is C[C@@H](NC(=O)c1ccco1)C(=O)N1CCOCC1. The van der Waals surface area contributed by atoms with Gasteiger partial charge in [-0.2, -0.15) is 0 Å². The van der Waals surface area contributed by atoms with E-state index in [0.717, 1.165) is 0 Å². The number of rotatable bonds is 3. The zero-order valence-electron chi connectivity index (χ0n) is 10.2. The van der Waals surface area contributed by atoms with Gasteiger partial charge in [0.1, 0.15) is 6.04 Å². The van der Waals surface area contributed by atoms with Crippen molar-refractivity contribution in [3.63, 3.8) is 0 Å². The minimum absolute atomic E-state index is 0.0989. The van der Waals surface area contributed by atoms with Gasteiger partial charge in [0.15, 0.2) is 5.76 Å². The topological polar surface area (TPSA) is 71.8 Å². The maximum atomic E-state index is 12.0. The monoisotopic (exact) mass is 252 g/mol. The summed E-state index contributed by atoms with van der Waals surface area (Å²) in [4.78, 5) is 25.4. The number of furan rings is 1. The quantitative estimate of drug-likeness (QED) is 0.837. The first-order valence-corrected chi connectivity index (χ1v) is 5.89. The number of morpholine rings is 1. The molecule has 2 heterocycles. The molecule has 2 rings (SSSR count). The summed E-state index contributed by atoms with van der Waals surface area (Å²) in [6.07, 6.45) is 1.42. The van der Waals surface area contributed by atoms with E-state index in [9.17, 15) is 9.59 Å². The lowest BCUT2D eigenvalue weighted by atomic mass is 10.2. The smallest absolute Gasteiger partial charge is 0.287 e. The van der Waals surface area contributed by atoms with Crippen LogP contribution in [0.1, 0.15) is 17.5 Å². The molecule has 18 heavy (non-hydrogen) atoms. The van der Waals surface area contributed by atoms with Crippen LogP contribution in [-0.2, 0) is 9.53 Å². The molecule has 0 unspecified atom stereocenters. The number of nitrogens with zero attached hydrogens (tertiary/aromatic N) is 1. The summed E-state index contributed by atoms with van der Waals surface area (Å²) < 4.78 is 10.1. The zero-order valence-corrected chi connectivity index (χ0v) is 10.2. The Hall–Kier alpha value is -1.82. The summed E-state index contributed by atoms with van der Waals surface area (Å²) in [6, 6.07) is 2.62. The Morgan fingerprint density at radius 2 is 2.11 bits per heavy atom. The molecule has 1 aliphatic rings. The van der Waals surface area contributed by atoms with Crippen LogP contribution in [0.25, 0.3) is 0 Å². The van der Waals surface area contributed by atoms with E-state index in [0.29, 0.717) is 26.3 Å². The minimum atomic E-state index is -0.569. The maximum absolute atomic E-state index is 12.0. The Morgan fingerprint density at radius 3 is 2.72 bits per heavy atom. The molecule has 1 saturated heterocycles. The molecule has 0 spiro atoms. The van der Waals surface area contributed by atoms with E-state index < -0.39 is 6.04 Å². The molecule has 98 valence electrons. The average molecular weight is 252 g/mol. The van der Waals surface area contributed by atoms with E-state index in [4.69, 9.17) is 9.15 Å². The Labute approximate surface area is 105 Å². The van der Waals surface area contributed by atoms with Crippen molar-refractivity contribution in [2.75, 3.05) is 26.3 Å². The highest BCUT2D eigenvalue weighted by Gasteiger charge is 2.24. The molecule has 6 nitrogen and oxygen atoms in total. The normalized spacial score (nSPS) is 17.3. The van der Waals surface area contributed by atoms with E-state index in [1.165, 1.54) is 6.26 Å². The van der Waals surface area contributed by atoms with Gasteiger partial charge in [-0.25, -0.2) is 0 Å². The van der Waals surface area contributed by atoms with Gasteiger partial charge in [-0.3, -0.25) is 9.59 Å². The summed E-state index contributed by atoms with van der Waals surface area (Å²) in [5.74, 6) is -0.274. The Kier molecular flexibility index (Phi) is 3.99. The van der Waals surface area contributed by atoms with Crippen molar-refractivity contribution >= 4 is 11.8 Å². The molecule has 0 aliphatic carbocycles. The lowest BCUT2D eigenvalue weighted by Gasteiger charge is -2.29. The minimum Gasteiger partial charge on any atom is -0.459 e. The second-order valence-electron chi connectivity index (χ2n) is 4.11. The summed E-state index contributed by atoms with van der Waals surface area (Å²) in [7, 11) is 0. The summed E-state index contributed by atoms with van der Waals surface area (Å²) in [5, 5.41) is 2.61. The molecule has 1 atom stereocenters. The van der Waals surface area contributed by atoms with Crippen molar-refractivity contribution in [3.05, 3.63) is 24.2 Å². The third kappa shape index (κ3) is 2.89. The number of ether oxygens (including phenoxy) is 1. The van der Waals surface area contributed by atoms with Crippen LogP contribution in [0.15, 0.2) is 22.8 Å². The van der Waals surface area contributed by atoms with Crippen LogP contribution in [0.2, 0.25) is 0 Å². The average Bonchev–Trinajstić information content (AvgIpc) is 2.92. The lowest BCUT2D eigenvalue weighted by molar-refractivity contribution is -0.136. The number of amides is 2. The molecule has 0 radical (unpaired) electrons. The second kappa shape index (κ2) is 5.68. The highest BCUT2D eigenvalue weighted by Crippen LogP contribution is 2.03. The van der Waals surface area contributed by atoms with E-state index >= 15 is 0 Å². The second-order valence-corrected chi connectivity index (χ2v) is 4.11. The molecular formula is C12H16N2O4. The number of carbonyl (C=O) groups excluding carboxylic acids is 2. The van der Waals surface area contributed by atoms with E-state index in [-0.39, 0.29) is 17.6 Å². The van der Waals surface area contributed by atoms with Gasteiger partial charge in [-0.15, -0.1) is 0 Å². The number of nitrogens with one attached hydrogen (secondary N) is 1. The highest BCUT2D eigenvalue weighted by molar-refractivity contribution is 5.95. The van der Waals surface area contributed by atoms with Gasteiger partial charge in [-0.05, 0) is 19.1 Å². The Bertz CT molecular complexity index is 410. The summed E-state index contributed by atoms with van der Waals surface area (Å²) >= 11 is 0. The first kappa shape index (κ1) is 12.6. The zero-order chi connectivity index (χ0) is 13.0. The molecule has 0 saturated carbocycles. The fraction of sp³-hybridized carbons (Fsp3) is 0.500. The van der Waals surface area contributed by atoms with E-state index in [1.807, 2.05) is 0 Å². The number of hydrogen-bond donors (Lipinski definition) is 1. The predicted molar refractivity (Wildman–Crippen MR) is 63.0 cm³/mol. The van der Waals surface area contributed by atoms with E-state index in [2.05, 4.69) is 5.32 Å². The predicted octanol–water partition coefficient (Wildman–Crippen LogP) is 0.257. The van der Waals surface area contributed by atoms with Crippen molar-refractivity contribution in [3.8, 4) is 0 Å². The van der Waals surface area contributed by atoms with Crippen molar-refractivity contribution < 1.29 is 18.7 Å². The van der Waals surface area contributed by atoms with Crippen molar-refractivity contribution in [1.82, 2.24) is 10.2 Å². The van der Waals surface area contributed by atoms with Crippen LogP contribution in [0.3, 0.4) is 0 Å². The van der Waals surface area contributed by atoms with Gasteiger partial charge in [-0.1, -0.05) is 0 Å². The van der Waals surface area contributed by atoms with Gasteiger partial charge >= 0.3 is 0 Å². The van der Waals surface area contributed by atoms with Gasteiger partial charge in [0.25, 0.3) is 5.91 Å². The van der Waals surface area contributed by atoms with Crippen LogP contribution in [0.4, 0.5) is 0 Å². The molecule has 0 aromatic carbocycles. The molecular weight excluding hydrogens is 236 g/mol. The third-order valence-electron chi connectivity index (χ3n) is 2.79. The van der Waals surface area contributed by atoms with Gasteiger partial charge in [0.2, 0.25) is 5.91 Å². The molecule has 0 bridgehead atoms. The molecule has 6 heteroatoms. The van der Waals surface area contributed by atoms with Crippen LogP contribution in [-0.4, -0.2) is 49.1 Å². The van der Waals surface area contributed by atoms with Crippen LogP contribution in [0.5, 0.6) is 0 Å². The van der Waals surface area contributed by atoms with Crippen molar-refractivity contribution in [2.24, 2.45) is 0 Å². The molecule has 1 fully saturated rings. The maximum Gasteiger partial charge on any atom is 0.287 e. The largest absolute Gasteiger partial charge is 0.459 e. The summed E-state index contributed by atoms with van der Waals surface area (Å²) in [6.45, 7) is 3.90. The van der Waals surface area contributed by atoms with Gasteiger partial charge in [0, 0.05) is 13.1 Å². The van der Waals surface area contributed by atoms with Gasteiger partial charge in [0.05, 0.1) is 19.5 Å². The Balaban J connectivity index is 1.88. The lowest BCUT2D eigenvalue weighted by Crippen LogP contribution is -2.50. The van der Waals surface area contributed by atoms with Crippen molar-refractivity contribution in [2.45, 2.75) is 13.0 Å². The van der Waals surface area contributed by atoms with Crippen molar-refractivity contribution in [1.29, 1.82) is 0 Å². The molecule has 2 amide bonds. The third-order valence-corrected chi connectivity index (χ3v) is 2.79. The Morgan fingerprint density at radius 1 is 1.39 bits per heavy atom. The van der Waals surface area contributed by atoms with Crippen LogP contribution < -0.4 is 5.32 Å². The number of carbonyl (C=O) groups is 2. The highest BCUT2D eigenvalue weighted by atomic mass is 16.5. The first-order chi connectivity index (χ1) is 8.68. The standard InChI is InChI=1S/C12H16N2O4/c1-9(12(16)14-4-7-17-8-5-14)13-11(15)10-3-2-6-18-10/h2-3,6,9H,4-5,7-8H2,1H3,(H,13,15)/t9-/m1/s1.